The predicted molar refractivity (Wildman–Crippen MR) is 70.3 cm³/mol. The highest BCUT2D eigenvalue weighted by Crippen LogP contribution is 2.22. The van der Waals surface area contributed by atoms with Crippen molar-refractivity contribution in [2.24, 2.45) is 5.92 Å². The number of nitrogens with zero attached hydrogens (tertiary/aromatic N) is 2. The smallest absolute Gasteiger partial charge is 0.306 e. The predicted octanol–water partition coefficient (Wildman–Crippen LogP) is -0.908. The zero-order valence-corrected chi connectivity index (χ0v) is 12.2. The van der Waals surface area contributed by atoms with Crippen LogP contribution >= 0.6 is 0 Å². The van der Waals surface area contributed by atoms with Gasteiger partial charge in [-0.15, -0.1) is 0 Å². The van der Waals surface area contributed by atoms with E-state index in [1.54, 1.807) is 0 Å². The minimum Gasteiger partial charge on any atom is -0.481 e. The van der Waals surface area contributed by atoms with E-state index in [0.29, 0.717) is 24.3 Å². The summed E-state index contributed by atoms with van der Waals surface area (Å²) in [4.78, 5) is 10.8. The molecule has 2 rings (SSSR count). The summed E-state index contributed by atoms with van der Waals surface area (Å²) in [5.41, 5.74) is 0. The van der Waals surface area contributed by atoms with Crippen LogP contribution in [0.1, 0.15) is 12.8 Å². The molecular weight excluding hydrogens is 292 g/mol. The van der Waals surface area contributed by atoms with Gasteiger partial charge in [-0.1, -0.05) is 0 Å². The fourth-order valence-corrected chi connectivity index (χ4v) is 5.27. The van der Waals surface area contributed by atoms with Crippen LogP contribution in [0.4, 0.5) is 0 Å². The lowest BCUT2D eigenvalue weighted by Gasteiger charge is -2.35. The monoisotopic (exact) mass is 310 g/mol. The van der Waals surface area contributed by atoms with Crippen molar-refractivity contribution >= 4 is 27.0 Å². The van der Waals surface area contributed by atoms with Gasteiger partial charge in [0.15, 0.2) is 0 Å². The van der Waals surface area contributed by atoms with Crippen LogP contribution in [0.2, 0.25) is 0 Å². The second-order valence-corrected chi connectivity index (χ2v) is 8.39. The summed E-state index contributed by atoms with van der Waals surface area (Å²) in [6.07, 6.45) is 0.711. The van der Waals surface area contributed by atoms with Crippen molar-refractivity contribution in [1.82, 2.24) is 8.61 Å². The van der Waals surface area contributed by atoms with Gasteiger partial charge in [0.05, 0.1) is 5.92 Å². The number of carboxylic acid groups (broad SMARTS) is 1. The molecule has 2 fully saturated rings. The maximum absolute atomic E-state index is 12.3. The van der Waals surface area contributed by atoms with E-state index in [9.17, 15) is 17.4 Å². The van der Waals surface area contributed by atoms with Gasteiger partial charge in [0, 0.05) is 48.5 Å². The maximum Gasteiger partial charge on any atom is 0.306 e. The highest BCUT2D eigenvalue weighted by Gasteiger charge is 2.35. The molecule has 2 aliphatic rings. The van der Waals surface area contributed by atoms with E-state index in [-0.39, 0.29) is 26.2 Å². The minimum absolute atomic E-state index is 0.249. The molecule has 1 N–H and O–H groups in total. The average molecular weight is 310 g/mol. The van der Waals surface area contributed by atoms with E-state index in [2.05, 4.69) is 0 Å². The van der Waals surface area contributed by atoms with Gasteiger partial charge in [0.25, 0.3) is 10.2 Å². The number of carboxylic acids is 1. The SMILES string of the molecule is O=C(O)C1CCN(S(=O)(=O)N2CCS(=O)CC2)CC1. The zero-order valence-electron chi connectivity index (χ0n) is 10.5. The van der Waals surface area contributed by atoms with Gasteiger partial charge in [-0.3, -0.25) is 9.00 Å². The molecule has 7 nitrogen and oxygen atoms in total. The van der Waals surface area contributed by atoms with Gasteiger partial charge in [-0.2, -0.15) is 17.0 Å². The van der Waals surface area contributed by atoms with E-state index in [1.165, 1.54) is 8.61 Å². The number of carbonyl (C=O) groups is 1. The van der Waals surface area contributed by atoms with Crippen molar-refractivity contribution in [3.05, 3.63) is 0 Å². The van der Waals surface area contributed by atoms with Crippen LogP contribution in [0.25, 0.3) is 0 Å². The molecule has 0 spiro atoms. The van der Waals surface area contributed by atoms with Crippen LogP contribution in [-0.2, 0) is 25.8 Å². The quantitative estimate of drug-likeness (QED) is 0.728. The molecular formula is C10H18N2O5S2. The lowest BCUT2D eigenvalue weighted by atomic mass is 9.99. The summed E-state index contributed by atoms with van der Waals surface area (Å²) >= 11 is 0. The van der Waals surface area contributed by atoms with E-state index in [1.807, 2.05) is 0 Å². The first-order valence-electron chi connectivity index (χ1n) is 6.24. The average Bonchev–Trinajstić information content (AvgIpc) is 2.39. The number of rotatable bonds is 3. The number of piperidine rings is 1. The normalized spacial score (nSPS) is 25.5. The third-order valence-electron chi connectivity index (χ3n) is 3.59. The summed E-state index contributed by atoms with van der Waals surface area (Å²) in [6, 6.07) is 0. The molecule has 0 aromatic heterocycles. The summed E-state index contributed by atoms with van der Waals surface area (Å²) in [6.45, 7) is 1.07. The van der Waals surface area contributed by atoms with E-state index >= 15 is 0 Å². The molecule has 0 saturated carbocycles. The fraction of sp³-hybridized carbons (Fsp3) is 0.900. The van der Waals surface area contributed by atoms with Crippen molar-refractivity contribution in [3.63, 3.8) is 0 Å². The molecule has 0 aromatic rings. The minimum atomic E-state index is -3.52. The molecule has 9 heteroatoms. The number of aliphatic carboxylic acids is 1. The molecule has 0 amide bonds. The zero-order chi connectivity index (χ0) is 14.0. The first-order chi connectivity index (χ1) is 8.91. The molecule has 0 radical (unpaired) electrons. The van der Waals surface area contributed by atoms with E-state index in [4.69, 9.17) is 5.11 Å². The Hall–Kier alpha value is -0.510. The molecule has 0 unspecified atom stereocenters. The number of hydrogen-bond acceptors (Lipinski definition) is 4. The summed E-state index contributed by atoms with van der Waals surface area (Å²) in [7, 11) is -4.43. The molecule has 2 aliphatic heterocycles. The first-order valence-corrected chi connectivity index (χ1v) is 9.13. The Morgan fingerprint density at radius 2 is 1.53 bits per heavy atom. The van der Waals surface area contributed by atoms with Gasteiger partial charge in [0.2, 0.25) is 0 Å². The van der Waals surface area contributed by atoms with Crippen molar-refractivity contribution < 1.29 is 22.5 Å². The van der Waals surface area contributed by atoms with Crippen molar-refractivity contribution in [1.29, 1.82) is 0 Å². The molecule has 19 heavy (non-hydrogen) atoms. The molecule has 0 aromatic carbocycles. The number of hydrogen-bond donors (Lipinski definition) is 1. The van der Waals surface area contributed by atoms with Gasteiger partial charge < -0.3 is 5.11 Å². The van der Waals surface area contributed by atoms with Gasteiger partial charge in [-0.25, -0.2) is 0 Å². The molecule has 0 bridgehead atoms. The summed E-state index contributed by atoms with van der Waals surface area (Å²) in [5, 5.41) is 8.89. The highest BCUT2D eigenvalue weighted by molar-refractivity contribution is 7.87. The van der Waals surface area contributed by atoms with Gasteiger partial charge in [0.1, 0.15) is 0 Å². The Balaban J connectivity index is 1.97. The lowest BCUT2D eigenvalue weighted by Crippen LogP contribution is -2.51. The second-order valence-electron chi connectivity index (χ2n) is 4.77. The van der Waals surface area contributed by atoms with E-state index in [0.717, 1.165) is 0 Å². The van der Waals surface area contributed by atoms with Crippen LogP contribution in [0.5, 0.6) is 0 Å². The molecule has 2 saturated heterocycles. The van der Waals surface area contributed by atoms with Crippen LogP contribution in [0, 0.1) is 5.92 Å². The largest absolute Gasteiger partial charge is 0.481 e. The van der Waals surface area contributed by atoms with Crippen LogP contribution in [0.15, 0.2) is 0 Å². The molecule has 0 atom stereocenters. The fourth-order valence-electron chi connectivity index (χ4n) is 2.35. The topological polar surface area (TPSA) is 95.0 Å². The maximum atomic E-state index is 12.3. The Bertz CT molecular complexity index is 460. The summed E-state index contributed by atoms with van der Waals surface area (Å²) in [5.74, 6) is -0.541. The molecule has 110 valence electrons. The van der Waals surface area contributed by atoms with Crippen LogP contribution < -0.4 is 0 Å². The third kappa shape index (κ3) is 3.33. The second kappa shape index (κ2) is 5.86. The highest BCUT2D eigenvalue weighted by atomic mass is 32.2. The van der Waals surface area contributed by atoms with Crippen molar-refractivity contribution in [2.45, 2.75) is 12.8 Å². The summed E-state index contributed by atoms with van der Waals surface area (Å²) < 4.78 is 38.6. The Kier molecular flexibility index (Phi) is 4.59. The third-order valence-corrected chi connectivity index (χ3v) is 6.90. The van der Waals surface area contributed by atoms with Crippen molar-refractivity contribution in [2.75, 3.05) is 37.7 Å². The first kappa shape index (κ1) is 14.9. The Labute approximate surface area is 115 Å². The standard InChI is InChI=1S/C10H18N2O5S2/c13-10(14)9-1-3-11(4-2-9)19(16,17)12-5-7-18(15)8-6-12/h9H,1-8H2,(H,13,14). The van der Waals surface area contributed by atoms with Crippen LogP contribution in [-0.4, -0.2) is 70.0 Å². The Morgan fingerprint density at radius 1 is 1.05 bits per heavy atom. The van der Waals surface area contributed by atoms with Crippen LogP contribution in [0.3, 0.4) is 0 Å². The van der Waals surface area contributed by atoms with Gasteiger partial charge in [-0.05, 0) is 12.8 Å². The van der Waals surface area contributed by atoms with E-state index < -0.39 is 32.9 Å². The van der Waals surface area contributed by atoms with Crippen molar-refractivity contribution in [3.8, 4) is 0 Å². The van der Waals surface area contributed by atoms with Gasteiger partial charge >= 0.3 is 5.97 Å². The Morgan fingerprint density at radius 3 is 2.00 bits per heavy atom. The molecule has 2 heterocycles. The molecule has 0 aliphatic carbocycles. The lowest BCUT2D eigenvalue weighted by molar-refractivity contribution is -0.142.